The Morgan fingerprint density at radius 1 is 1.11 bits per heavy atom. The van der Waals surface area contributed by atoms with Crippen LogP contribution in [0.25, 0.3) is 0 Å². The van der Waals surface area contributed by atoms with Crippen molar-refractivity contribution >= 4 is 11.6 Å². The highest BCUT2D eigenvalue weighted by atomic mass is 16.1. The molecule has 1 unspecified atom stereocenters. The first-order valence-electron chi connectivity index (χ1n) is 9.90. The molecule has 2 aromatic heterocycles. The SMILES string of the molecule is Cn1ccnc(N2CCCC(NCc3ccc(N4CCCC4)nc3)C2)c1=O. The van der Waals surface area contributed by atoms with Gasteiger partial charge in [-0.3, -0.25) is 4.79 Å². The maximum Gasteiger partial charge on any atom is 0.293 e. The Labute approximate surface area is 160 Å². The zero-order valence-electron chi connectivity index (χ0n) is 16.0. The Balaban J connectivity index is 1.34. The topological polar surface area (TPSA) is 66.3 Å². The lowest BCUT2D eigenvalue weighted by Crippen LogP contribution is -2.47. The normalized spacial score (nSPS) is 20.3. The quantitative estimate of drug-likeness (QED) is 0.864. The van der Waals surface area contributed by atoms with Crippen molar-refractivity contribution in [3.8, 4) is 0 Å². The van der Waals surface area contributed by atoms with Crippen molar-refractivity contribution in [2.24, 2.45) is 7.05 Å². The van der Waals surface area contributed by atoms with E-state index in [1.165, 1.54) is 18.4 Å². The summed E-state index contributed by atoms with van der Waals surface area (Å²) in [5, 5.41) is 3.63. The number of anilines is 2. The summed E-state index contributed by atoms with van der Waals surface area (Å²) in [6, 6.07) is 4.65. The van der Waals surface area contributed by atoms with Gasteiger partial charge < -0.3 is 19.7 Å². The zero-order chi connectivity index (χ0) is 18.6. The van der Waals surface area contributed by atoms with E-state index in [0.717, 1.165) is 51.4 Å². The van der Waals surface area contributed by atoms with Gasteiger partial charge in [-0.2, -0.15) is 0 Å². The Bertz CT molecular complexity index is 812. The van der Waals surface area contributed by atoms with E-state index in [2.05, 4.69) is 37.2 Å². The molecule has 1 atom stereocenters. The second-order valence-electron chi connectivity index (χ2n) is 7.55. The molecule has 7 nitrogen and oxygen atoms in total. The Morgan fingerprint density at radius 3 is 2.70 bits per heavy atom. The molecule has 0 saturated carbocycles. The average Bonchev–Trinajstić information content (AvgIpc) is 3.24. The second-order valence-corrected chi connectivity index (χ2v) is 7.55. The summed E-state index contributed by atoms with van der Waals surface area (Å²) in [6.07, 6.45) is 10.1. The van der Waals surface area contributed by atoms with Gasteiger partial charge in [0, 0.05) is 64.4 Å². The van der Waals surface area contributed by atoms with Gasteiger partial charge in [-0.25, -0.2) is 9.97 Å². The van der Waals surface area contributed by atoms with Crippen molar-refractivity contribution in [2.45, 2.75) is 38.3 Å². The van der Waals surface area contributed by atoms with E-state index >= 15 is 0 Å². The minimum absolute atomic E-state index is 0.0279. The molecule has 0 spiro atoms. The van der Waals surface area contributed by atoms with E-state index < -0.39 is 0 Å². The molecule has 2 saturated heterocycles. The molecule has 2 fully saturated rings. The molecule has 144 valence electrons. The number of hydrogen-bond donors (Lipinski definition) is 1. The summed E-state index contributed by atoms with van der Waals surface area (Å²) in [7, 11) is 1.77. The first kappa shape index (κ1) is 18.0. The van der Waals surface area contributed by atoms with Crippen LogP contribution in [0.3, 0.4) is 0 Å². The van der Waals surface area contributed by atoms with Crippen LogP contribution in [0.1, 0.15) is 31.2 Å². The molecule has 0 aromatic carbocycles. The fraction of sp³-hybridized carbons (Fsp3) is 0.550. The first-order chi connectivity index (χ1) is 13.2. The molecule has 27 heavy (non-hydrogen) atoms. The molecule has 0 amide bonds. The van der Waals surface area contributed by atoms with Gasteiger partial charge in [0.05, 0.1) is 0 Å². The number of nitrogens with zero attached hydrogens (tertiary/aromatic N) is 5. The summed E-state index contributed by atoms with van der Waals surface area (Å²) < 4.78 is 1.59. The standard InChI is InChI=1S/C20H28N6O/c1-24-12-8-21-19(20(24)27)26-11-4-5-17(15-26)22-13-16-6-7-18(23-14-16)25-9-2-3-10-25/h6-8,12,14,17,22H,2-5,9-11,13,15H2,1H3. The molecule has 4 heterocycles. The number of hydrogen-bond acceptors (Lipinski definition) is 6. The van der Waals surface area contributed by atoms with Gasteiger partial charge in [0.25, 0.3) is 5.56 Å². The summed E-state index contributed by atoms with van der Waals surface area (Å²) in [4.78, 5) is 25.7. The summed E-state index contributed by atoms with van der Waals surface area (Å²) in [5.41, 5.74) is 1.17. The monoisotopic (exact) mass is 368 g/mol. The largest absolute Gasteiger partial charge is 0.357 e. The van der Waals surface area contributed by atoms with E-state index in [1.54, 1.807) is 24.0 Å². The Kier molecular flexibility index (Phi) is 5.38. The fourth-order valence-corrected chi connectivity index (χ4v) is 3.95. The summed E-state index contributed by atoms with van der Waals surface area (Å²) in [5.74, 6) is 1.65. The molecule has 1 N–H and O–H groups in total. The van der Waals surface area contributed by atoms with Crippen molar-refractivity contribution < 1.29 is 0 Å². The highest BCUT2D eigenvalue weighted by molar-refractivity contribution is 5.40. The van der Waals surface area contributed by atoms with Crippen LogP contribution in [0.5, 0.6) is 0 Å². The summed E-state index contributed by atoms with van der Waals surface area (Å²) in [6.45, 7) is 4.74. The molecule has 4 rings (SSSR count). The predicted molar refractivity (Wildman–Crippen MR) is 107 cm³/mol. The van der Waals surface area contributed by atoms with Crippen LogP contribution in [0.15, 0.2) is 35.5 Å². The molecule has 0 radical (unpaired) electrons. The number of aryl methyl sites for hydroxylation is 1. The number of nitrogens with one attached hydrogen (secondary N) is 1. The van der Waals surface area contributed by atoms with Gasteiger partial charge in [0.15, 0.2) is 5.82 Å². The summed E-state index contributed by atoms with van der Waals surface area (Å²) >= 11 is 0. The van der Waals surface area contributed by atoms with E-state index in [0.29, 0.717) is 11.9 Å². The van der Waals surface area contributed by atoms with Crippen molar-refractivity contribution in [1.29, 1.82) is 0 Å². The van der Waals surface area contributed by atoms with E-state index in [1.807, 2.05) is 6.20 Å². The van der Waals surface area contributed by atoms with Crippen molar-refractivity contribution in [1.82, 2.24) is 19.9 Å². The lowest BCUT2D eigenvalue weighted by Gasteiger charge is -2.33. The van der Waals surface area contributed by atoms with E-state index in [-0.39, 0.29) is 5.56 Å². The lowest BCUT2D eigenvalue weighted by molar-refractivity contribution is 0.418. The molecule has 7 heteroatoms. The number of piperidine rings is 1. The Hall–Kier alpha value is -2.41. The van der Waals surface area contributed by atoms with Crippen LogP contribution in [-0.4, -0.2) is 46.8 Å². The van der Waals surface area contributed by atoms with Gasteiger partial charge in [0.1, 0.15) is 5.82 Å². The lowest BCUT2D eigenvalue weighted by atomic mass is 10.1. The average molecular weight is 368 g/mol. The van der Waals surface area contributed by atoms with Crippen molar-refractivity contribution in [2.75, 3.05) is 36.0 Å². The second kappa shape index (κ2) is 8.08. The minimum atomic E-state index is -0.0279. The van der Waals surface area contributed by atoms with Crippen LogP contribution in [0.4, 0.5) is 11.6 Å². The maximum atomic E-state index is 12.3. The Morgan fingerprint density at radius 2 is 1.93 bits per heavy atom. The van der Waals surface area contributed by atoms with Crippen LogP contribution in [0.2, 0.25) is 0 Å². The third kappa shape index (κ3) is 4.13. The number of aromatic nitrogens is 3. The maximum absolute atomic E-state index is 12.3. The van der Waals surface area contributed by atoms with Gasteiger partial charge in [-0.15, -0.1) is 0 Å². The molecular formula is C20H28N6O. The highest BCUT2D eigenvalue weighted by Gasteiger charge is 2.22. The van der Waals surface area contributed by atoms with Gasteiger partial charge in [-0.05, 0) is 37.3 Å². The molecule has 2 aliphatic rings. The van der Waals surface area contributed by atoms with Gasteiger partial charge >= 0.3 is 0 Å². The van der Waals surface area contributed by atoms with E-state index in [4.69, 9.17) is 0 Å². The predicted octanol–water partition coefficient (Wildman–Crippen LogP) is 1.53. The smallest absolute Gasteiger partial charge is 0.293 e. The van der Waals surface area contributed by atoms with Crippen molar-refractivity contribution in [3.63, 3.8) is 0 Å². The fourth-order valence-electron chi connectivity index (χ4n) is 3.95. The van der Waals surface area contributed by atoms with Gasteiger partial charge in [-0.1, -0.05) is 6.07 Å². The number of pyridine rings is 1. The van der Waals surface area contributed by atoms with Crippen LogP contribution in [0, 0.1) is 0 Å². The molecule has 2 aromatic rings. The third-order valence-corrected chi connectivity index (χ3v) is 5.55. The van der Waals surface area contributed by atoms with Gasteiger partial charge in [0.2, 0.25) is 0 Å². The third-order valence-electron chi connectivity index (χ3n) is 5.55. The molecule has 2 aliphatic heterocycles. The number of rotatable bonds is 5. The van der Waals surface area contributed by atoms with E-state index in [9.17, 15) is 4.79 Å². The minimum Gasteiger partial charge on any atom is -0.357 e. The molecule has 0 bridgehead atoms. The zero-order valence-corrected chi connectivity index (χ0v) is 16.0. The first-order valence-corrected chi connectivity index (χ1v) is 9.90. The molecule has 0 aliphatic carbocycles. The molecular weight excluding hydrogens is 340 g/mol. The van der Waals surface area contributed by atoms with Crippen LogP contribution < -0.4 is 20.7 Å². The highest BCUT2D eigenvalue weighted by Crippen LogP contribution is 2.18. The van der Waals surface area contributed by atoms with Crippen LogP contribution in [-0.2, 0) is 13.6 Å². The van der Waals surface area contributed by atoms with Crippen molar-refractivity contribution in [3.05, 3.63) is 46.6 Å². The van der Waals surface area contributed by atoms with Crippen LogP contribution >= 0.6 is 0 Å².